The Labute approximate surface area is 135 Å². The standard InChI is InChI=1S/C17H21NO5/c1-2-22-16(20)14-8-10-18(11-9-15(14)19)17(21)23-12-13-6-4-3-5-7-13/h3-7,14H,2,8-12H2,1H3/t14-/m0/s1. The van der Waals surface area contributed by atoms with Gasteiger partial charge in [-0.3, -0.25) is 9.59 Å². The van der Waals surface area contributed by atoms with Crippen LogP contribution in [0.2, 0.25) is 0 Å². The second kappa shape index (κ2) is 8.31. The molecule has 1 heterocycles. The Kier molecular flexibility index (Phi) is 6.14. The molecule has 6 heteroatoms. The van der Waals surface area contributed by atoms with Crippen LogP contribution in [0.5, 0.6) is 0 Å². The van der Waals surface area contributed by atoms with Crippen LogP contribution in [0.3, 0.4) is 0 Å². The lowest BCUT2D eigenvalue weighted by Crippen LogP contribution is -2.32. The van der Waals surface area contributed by atoms with Crippen molar-refractivity contribution in [3.05, 3.63) is 35.9 Å². The van der Waals surface area contributed by atoms with Gasteiger partial charge in [-0.05, 0) is 18.9 Å². The van der Waals surface area contributed by atoms with Crippen LogP contribution in [0.15, 0.2) is 30.3 Å². The van der Waals surface area contributed by atoms with Gasteiger partial charge in [0.15, 0.2) is 0 Å². The van der Waals surface area contributed by atoms with E-state index < -0.39 is 18.0 Å². The monoisotopic (exact) mass is 319 g/mol. The minimum absolute atomic E-state index is 0.143. The fourth-order valence-electron chi connectivity index (χ4n) is 2.46. The zero-order valence-electron chi connectivity index (χ0n) is 13.2. The number of nitrogens with zero attached hydrogens (tertiary/aromatic N) is 1. The van der Waals surface area contributed by atoms with Gasteiger partial charge in [0.05, 0.1) is 6.61 Å². The van der Waals surface area contributed by atoms with E-state index in [-0.39, 0.29) is 38.4 Å². The van der Waals surface area contributed by atoms with Crippen LogP contribution in [0.25, 0.3) is 0 Å². The molecule has 0 spiro atoms. The summed E-state index contributed by atoms with van der Waals surface area (Å²) < 4.78 is 10.2. The summed E-state index contributed by atoms with van der Waals surface area (Å²) in [5.41, 5.74) is 0.899. The average molecular weight is 319 g/mol. The number of hydrogen-bond acceptors (Lipinski definition) is 5. The van der Waals surface area contributed by atoms with Crippen LogP contribution in [-0.2, 0) is 25.7 Å². The maximum absolute atomic E-state index is 12.1. The molecule has 1 amide bonds. The van der Waals surface area contributed by atoms with Crippen molar-refractivity contribution in [2.24, 2.45) is 5.92 Å². The van der Waals surface area contributed by atoms with E-state index in [4.69, 9.17) is 9.47 Å². The van der Waals surface area contributed by atoms with E-state index in [9.17, 15) is 14.4 Å². The van der Waals surface area contributed by atoms with Crippen molar-refractivity contribution < 1.29 is 23.9 Å². The van der Waals surface area contributed by atoms with Gasteiger partial charge in [0, 0.05) is 19.5 Å². The molecule has 0 radical (unpaired) electrons. The Bertz CT molecular complexity index is 557. The van der Waals surface area contributed by atoms with Crippen LogP contribution in [-0.4, -0.2) is 42.4 Å². The molecule has 0 aromatic heterocycles. The van der Waals surface area contributed by atoms with E-state index in [0.29, 0.717) is 6.54 Å². The largest absolute Gasteiger partial charge is 0.465 e. The van der Waals surface area contributed by atoms with Gasteiger partial charge < -0.3 is 14.4 Å². The Hall–Kier alpha value is -2.37. The lowest BCUT2D eigenvalue weighted by atomic mass is 10.00. The summed E-state index contributed by atoms with van der Waals surface area (Å²) >= 11 is 0. The van der Waals surface area contributed by atoms with Gasteiger partial charge in [0.1, 0.15) is 18.3 Å². The average Bonchev–Trinajstić information content (AvgIpc) is 2.76. The van der Waals surface area contributed by atoms with Gasteiger partial charge in [0.25, 0.3) is 0 Å². The van der Waals surface area contributed by atoms with Gasteiger partial charge in [-0.1, -0.05) is 30.3 Å². The molecule has 0 saturated carbocycles. The quantitative estimate of drug-likeness (QED) is 0.628. The third kappa shape index (κ3) is 4.81. The Balaban J connectivity index is 1.87. The first kappa shape index (κ1) is 17.0. The molecule has 0 unspecified atom stereocenters. The van der Waals surface area contributed by atoms with Crippen LogP contribution in [0.4, 0.5) is 4.79 Å². The molecule has 0 bridgehead atoms. The second-order valence-electron chi connectivity index (χ2n) is 5.34. The smallest absolute Gasteiger partial charge is 0.410 e. The van der Waals surface area contributed by atoms with Crippen LogP contribution in [0.1, 0.15) is 25.3 Å². The molecule has 1 aliphatic rings. The van der Waals surface area contributed by atoms with Crippen LogP contribution < -0.4 is 0 Å². The molecule has 1 aromatic carbocycles. The van der Waals surface area contributed by atoms with Crippen LogP contribution >= 0.6 is 0 Å². The summed E-state index contributed by atoms with van der Waals surface area (Å²) in [6.07, 6.45) is -0.0478. The second-order valence-corrected chi connectivity index (χ2v) is 5.34. The summed E-state index contributed by atoms with van der Waals surface area (Å²) in [5.74, 6) is -1.46. The zero-order valence-corrected chi connectivity index (χ0v) is 13.2. The first-order valence-corrected chi connectivity index (χ1v) is 7.76. The molecule has 2 rings (SSSR count). The number of carbonyl (C=O) groups is 3. The summed E-state index contributed by atoms with van der Waals surface area (Å²) in [6, 6.07) is 9.38. The van der Waals surface area contributed by atoms with Gasteiger partial charge in [-0.25, -0.2) is 4.79 Å². The molecule has 1 saturated heterocycles. The Morgan fingerprint density at radius 1 is 1.17 bits per heavy atom. The van der Waals surface area contributed by atoms with E-state index in [1.807, 2.05) is 30.3 Å². The highest BCUT2D eigenvalue weighted by Gasteiger charge is 2.32. The van der Waals surface area contributed by atoms with E-state index >= 15 is 0 Å². The highest BCUT2D eigenvalue weighted by atomic mass is 16.6. The number of likely N-dealkylation sites (tertiary alicyclic amines) is 1. The number of esters is 1. The van der Waals surface area contributed by atoms with E-state index in [1.165, 1.54) is 4.90 Å². The number of Topliss-reactive ketones (excluding diaryl/α,β-unsaturated/α-hetero) is 1. The van der Waals surface area contributed by atoms with Gasteiger partial charge in [0.2, 0.25) is 0 Å². The predicted molar refractivity (Wildman–Crippen MR) is 82.6 cm³/mol. The van der Waals surface area contributed by atoms with Crippen molar-refractivity contribution in [3.8, 4) is 0 Å². The summed E-state index contributed by atoms with van der Waals surface area (Å²) in [4.78, 5) is 37.4. The van der Waals surface area contributed by atoms with Crippen molar-refractivity contribution in [1.82, 2.24) is 4.90 Å². The van der Waals surface area contributed by atoms with Crippen LogP contribution in [0, 0.1) is 5.92 Å². The molecule has 1 aliphatic heterocycles. The number of rotatable bonds is 4. The molecule has 1 fully saturated rings. The van der Waals surface area contributed by atoms with E-state index in [2.05, 4.69) is 0 Å². The Morgan fingerprint density at radius 3 is 2.61 bits per heavy atom. The Morgan fingerprint density at radius 2 is 1.91 bits per heavy atom. The predicted octanol–water partition coefficient (Wildman–Crippen LogP) is 2.17. The number of hydrogen-bond donors (Lipinski definition) is 0. The highest BCUT2D eigenvalue weighted by Crippen LogP contribution is 2.17. The maximum Gasteiger partial charge on any atom is 0.410 e. The van der Waals surface area contributed by atoms with E-state index in [1.54, 1.807) is 6.92 Å². The number of benzene rings is 1. The minimum atomic E-state index is -0.776. The number of ether oxygens (including phenoxy) is 2. The van der Waals surface area contributed by atoms with Gasteiger partial charge >= 0.3 is 12.1 Å². The van der Waals surface area contributed by atoms with Gasteiger partial charge in [-0.15, -0.1) is 0 Å². The summed E-state index contributed by atoms with van der Waals surface area (Å²) in [6.45, 7) is 2.70. The van der Waals surface area contributed by atoms with Gasteiger partial charge in [-0.2, -0.15) is 0 Å². The highest BCUT2D eigenvalue weighted by molar-refractivity contribution is 5.99. The lowest BCUT2D eigenvalue weighted by Gasteiger charge is -2.19. The third-order valence-corrected chi connectivity index (χ3v) is 3.74. The van der Waals surface area contributed by atoms with Crippen molar-refractivity contribution >= 4 is 17.8 Å². The number of ketones is 1. The zero-order chi connectivity index (χ0) is 16.7. The van der Waals surface area contributed by atoms with Crippen molar-refractivity contribution in [3.63, 3.8) is 0 Å². The molecule has 124 valence electrons. The fourth-order valence-corrected chi connectivity index (χ4v) is 2.46. The summed E-state index contributed by atoms with van der Waals surface area (Å²) in [5, 5.41) is 0. The number of carbonyl (C=O) groups excluding carboxylic acids is 3. The molecule has 6 nitrogen and oxygen atoms in total. The van der Waals surface area contributed by atoms with Crippen molar-refractivity contribution in [2.45, 2.75) is 26.4 Å². The molecule has 1 atom stereocenters. The lowest BCUT2D eigenvalue weighted by molar-refractivity contribution is -0.151. The molecular formula is C17H21NO5. The van der Waals surface area contributed by atoms with E-state index in [0.717, 1.165) is 5.56 Å². The third-order valence-electron chi connectivity index (χ3n) is 3.74. The molecule has 23 heavy (non-hydrogen) atoms. The molecule has 1 aromatic rings. The SMILES string of the molecule is CCOC(=O)[C@H]1CCN(C(=O)OCc2ccccc2)CCC1=O. The van der Waals surface area contributed by atoms with Crippen molar-refractivity contribution in [2.75, 3.05) is 19.7 Å². The minimum Gasteiger partial charge on any atom is -0.465 e. The molecule has 0 aliphatic carbocycles. The summed E-state index contributed by atoms with van der Waals surface area (Å²) in [7, 11) is 0. The number of amides is 1. The topological polar surface area (TPSA) is 72.9 Å². The first-order valence-electron chi connectivity index (χ1n) is 7.76. The fraction of sp³-hybridized carbons (Fsp3) is 0.471. The first-order chi connectivity index (χ1) is 11.1. The molecular weight excluding hydrogens is 298 g/mol. The molecule has 0 N–H and O–H groups in total. The normalized spacial score (nSPS) is 18.2. The maximum atomic E-state index is 12.1. The van der Waals surface area contributed by atoms with Crippen molar-refractivity contribution in [1.29, 1.82) is 0 Å².